The lowest BCUT2D eigenvalue weighted by molar-refractivity contribution is 0.566. The lowest BCUT2D eigenvalue weighted by Gasteiger charge is -2.21. The maximum atomic E-state index is 11.9. The van der Waals surface area contributed by atoms with Crippen molar-refractivity contribution in [3.05, 3.63) is 23.2 Å². The Bertz CT molecular complexity index is 492. The van der Waals surface area contributed by atoms with Crippen molar-refractivity contribution in [2.75, 3.05) is 10.5 Å². The summed E-state index contributed by atoms with van der Waals surface area (Å²) in [6.07, 6.45) is 0. The zero-order valence-corrected chi connectivity index (χ0v) is 11.0. The lowest BCUT2D eigenvalue weighted by Crippen LogP contribution is -2.33. The van der Waals surface area contributed by atoms with Gasteiger partial charge in [0.15, 0.2) is 0 Å². The van der Waals surface area contributed by atoms with Gasteiger partial charge in [-0.1, -0.05) is 11.6 Å². The number of halogens is 1. The van der Waals surface area contributed by atoms with Crippen molar-refractivity contribution in [1.29, 1.82) is 0 Å². The number of nitrogens with one attached hydrogen (secondary N) is 1. The van der Waals surface area contributed by atoms with Crippen molar-refractivity contribution in [3.8, 4) is 0 Å². The predicted octanol–water partition coefficient (Wildman–Crippen LogP) is 2.46. The van der Waals surface area contributed by atoms with Crippen LogP contribution in [0.25, 0.3) is 0 Å². The molecule has 1 aromatic rings. The van der Waals surface area contributed by atoms with Crippen molar-refractivity contribution in [1.82, 2.24) is 0 Å². The summed E-state index contributed by atoms with van der Waals surface area (Å²) in [4.78, 5) is 0. The standard InChI is InChI=1S/C10H15ClN2O2S/c1-10(2,3)16(14,15)13-9-6-7(12)4-5-8(9)11/h4-6,13H,12H2,1-3H3. The lowest BCUT2D eigenvalue weighted by atomic mass is 10.3. The van der Waals surface area contributed by atoms with E-state index in [0.29, 0.717) is 16.4 Å². The molecule has 1 rings (SSSR count). The molecule has 1 aromatic carbocycles. The Balaban J connectivity index is 3.11. The summed E-state index contributed by atoms with van der Waals surface area (Å²) in [5, 5.41) is 0.321. The molecule has 0 saturated heterocycles. The van der Waals surface area contributed by atoms with E-state index < -0.39 is 14.8 Å². The Kier molecular flexibility index (Phi) is 3.40. The summed E-state index contributed by atoms with van der Waals surface area (Å²) in [5.74, 6) is 0. The zero-order valence-electron chi connectivity index (χ0n) is 9.41. The van der Waals surface area contributed by atoms with Crippen LogP contribution in [0, 0.1) is 0 Å². The molecule has 6 heteroatoms. The molecule has 0 fully saturated rings. The molecule has 0 bridgehead atoms. The SMILES string of the molecule is CC(C)(C)S(=O)(=O)Nc1cc(N)ccc1Cl. The number of hydrogen-bond donors (Lipinski definition) is 2. The molecule has 16 heavy (non-hydrogen) atoms. The van der Waals surface area contributed by atoms with Gasteiger partial charge >= 0.3 is 0 Å². The van der Waals surface area contributed by atoms with E-state index in [1.807, 2.05) is 0 Å². The molecular formula is C10H15ClN2O2S. The van der Waals surface area contributed by atoms with Crippen molar-refractivity contribution in [2.45, 2.75) is 25.5 Å². The van der Waals surface area contributed by atoms with E-state index in [1.165, 1.54) is 6.07 Å². The predicted molar refractivity (Wildman–Crippen MR) is 68.2 cm³/mol. The van der Waals surface area contributed by atoms with Gasteiger partial charge in [-0.2, -0.15) is 0 Å². The zero-order chi connectivity index (χ0) is 12.6. The van der Waals surface area contributed by atoms with E-state index in [1.54, 1.807) is 32.9 Å². The summed E-state index contributed by atoms with van der Waals surface area (Å²) in [5.41, 5.74) is 6.32. The maximum Gasteiger partial charge on any atom is 0.237 e. The number of nitrogen functional groups attached to an aromatic ring is 1. The highest BCUT2D eigenvalue weighted by molar-refractivity contribution is 7.94. The molecule has 0 aliphatic rings. The third-order valence-electron chi connectivity index (χ3n) is 2.04. The van der Waals surface area contributed by atoms with Crippen molar-refractivity contribution >= 4 is 33.0 Å². The third-order valence-corrected chi connectivity index (χ3v) is 4.47. The van der Waals surface area contributed by atoms with Crippen LogP contribution in [0.5, 0.6) is 0 Å². The fourth-order valence-corrected chi connectivity index (χ4v) is 1.90. The molecule has 0 spiro atoms. The molecule has 0 heterocycles. The van der Waals surface area contributed by atoms with E-state index in [0.717, 1.165) is 0 Å². The smallest absolute Gasteiger partial charge is 0.237 e. The summed E-state index contributed by atoms with van der Waals surface area (Å²) in [6.45, 7) is 4.82. The first-order valence-corrected chi connectivity index (χ1v) is 6.57. The van der Waals surface area contributed by atoms with Crippen LogP contribution in [0.2, 0.25) is 5.02 Å². The van der Waals surface area contributed by atoms with E-state index in [4.69, 9.17) is 17.3 Å². The Labute approximate surface area is 101 Å². The van der Waals surface area contributed by atoms with Crippen molar-refractivity contribution < 1.29 is 8.42 Å². The van der Waals surface area contributed by atoms with Crippen molar-refractivity contribution in [3.63, 3.8) is 0 Å². The van der Waals surface area contributed by atoms with Crippen LogP contribution in [0.15, 0.2) is 18.2 Å². The first kappa shape index (κ1) is 13.1. The molecule has 0 aliphatic heterocycles. The average molecular weight is 263 g/mol. The summed E-state index contributed by atoms with van der Waals surface area (Å²) >= 11 is 5.87. The molecule has 3 N–H and O–H groups in total. The van der Waals surface area contributed by atoms with Crippen LogP contribution in [-0.2, 0) is 10.0 Å². The molecule has 0 saturated carbocycles. The van der Waals surface area contributed by atoms with Crippen LogP contribution in [0.1, 0.15) is 20.8 Å². The second-order valence-corrected chi connectivity index (χ2v) is 7.30. The first-order valence-electron chi connectivity index (χ1n) is 4.71. The quantitative estimate of drug-likeness (QED) is 0.804. The number of nitrogens with two attached hydrogens (primary N) is 1. The molecule has 0 aliphatic carbocycles. The van der Waals surface area contributed by atoms with E-state index >= 15 is 0 Å². The van der Waals surface area contributed by atoms with Crippen molar-refractivity contribution in [2.24, 2.45) is 0 Å². The number of anilines is 2. The summed E-state index contributed by atoms with van der Waals surface area (Å²) in [7, 11) is -3.48. The highest BCUT2D eigenvalue weighted by atomic mass is 35.5. The number of hydrogen-bond acceptors (Lipinski definition) is 3. The van der Waals surface area contributed by atoms with Crippen LogP contribution >= 0.6 is 11.6 Å². The van der Waals surface area contributed by atoms with Gasteiger partial charge < -0.3 is 5.73 Å². The van der Waals surface area contributed by atoms with Gasteiger partial charge in [-0.15, -0.1) is 0 Å². The minimum absolute atomic E-state index is 0.302. The van der Waals surface area contributed by atoms with Gasteiger partial charge in [-0.3, -0.25) is 4.72 Å². The molecule has 0 aromatic heterocycles. The normalized spacial score (nSPS) is 12.5. The number of sulfonamides is 1. The molecule has 4 nitrogen and oxygen atoms in total. The van der Waals surface area contributed by atoms with Gasteiger partial charge in [-0.25, -0.2) is 8.42 Å². The van der Waals surface area contributed by atoms with E-state index in [2.05, 4.69) is 4.72 Å². The number of rotatable bonds is 2. The maximum absolute atomic E-state index is 11.9. The van der Waals surface area contributed by atoms with Gasteiger partial charge in [0.05, 0.1) is 15.5 Å². The fourth-order valence-electron chi connectivity index (χ4n) is 0.919. The van der Waals surface area contributed by atoms with Crippen LogP contribution in [0.3, 0.4) is 0 Å². The molecule has 0 amide bonds. The van der Waals surface area contributed by atoms with Gasteiger partial charge in [0.2, 0.25) is 10.0 Å². The molecule has 0 radical (unpaired) electrons. The van der Waals surface area contributed by atoms with Crippen LogP contribution in [-0.4, -0.2) is 13.2 Å². The molecule has 0 atom stereocenters. The first-order chi connectivity index (χ1) is 7.13. The Hall–Kier alpha value is -0.940. The fraction of sp³-hybridized carbons (Fsp3) is 0.400. The Morgan fingerprint density at radius 3 is 2.38 bits per heavy atom. The van der Waals surface area contributed by atoms with E-state index in [9.17, 15) is 8.42 Å². The number of benzene rings is 1. The minimum atomic E-state index is -3.48. The monoisotopic (exact) mass is 262 g/mol. The highest BCUT2D eigenvalue weighted by Crippen LogP contribution is 2.27. The average Bonchev–Trinajstić information content (AvgIpc) is 2.09. The molecule has 0 unspecified atom stereocenters. The second-order valence-electron chi connectivity index (χ2n) is 4.46. The largest absolute Gasteiger partial charge is 0.399 e. The second kappa shape index (κ2) is 4.14. The third kappa shape index (κ3) is 2.80. The highest BCUT2D eigenvalue weighted by Gasteiger charge is 2.29. The minimum Gasteiger partial charge on any atom is -0.399 e. The Morgan fingerprint density at radius 2 is 1.88 bits per heavy atom. The van der Waals surface area contributed by atoms with Crippen LogP contribution < -0.4 is 10.5 Å². The summed E-state index contributed by atoms with van der Waals surface area (Å²) < 4.78 is 25.3. The van der Waals surface area contributed by atoms with Crippen LogP contribution in [0.4, 0.5) is 11.4 Å². The molecular weight excluding hydrogens is 248 g/mol. The topological polar surface area (TPSA) is 72.2 Å². The van der Waals surface area contributed by atoms with E-state index in [-0.39, 0.29) is 0 Å². The Morgan fingerprint density at radius 1 is 1.31 bits per heavy atom. The molecule has 90 valence electrons. The van der Waals surface area contributed by atoms with Gasteiger partial charge in [0.1, 0.15) is 0 Å². The van der Waals surface area contributed by atoms with Gasteiger partial charge in [-0.05, 0) is 39.0 Å². The van der Waals surface area contributed by atoms with Gasteiger partial charge in [0, 0.05) is 5.69 Å². The summed E-state index contributed by atoms with van der Waals surface area (Å²) in [6, 6.07) is 4.65. The van der Waals surface area contributed by atoms with Gasteiger partial charge in [0.25, 0.3) is 0 Å².